The van der Waals surface area contributed by atoms with E-state index >= 15 is 0 Å². The molecular formula is C18H23N3O5. The lowest BCUT2D eigenvalue weighted by molar-refractivity contribution is -0.137. The van der Waals surface area contributed by atoms with Gasteiger partial charge in [0.25, 0.3) is 5.91 Å². The molecule has 8 heteroatoms. The second-order valence-electron chi connectivity index (χ2n) is 5.77. The summed E-state index contributed by atoms with van der Waals surface area (Å²) in [6.45, 7) is 2.39. The second kappa shape index (κ2) is 8.89. The van der Waals surface area contributed by atoms with Gasteiger partial charge in [-0.2, -0.15) is 5.10 Å². The van der Waals surface area contributed by atoms with Crippen molar-refractivity contribution in [1.29, 1.82) is 0 Å². The third kappa shape index (κ3) is 4.98. The van der Waals surface area contributed by atoms with Gasteiger partial charge in [0, 0.05) is 25.4 Å². The number of carbonyl (C=O) groups is 2. The lowest BCUT2D eigenvalue weighted by Gasteiger charge is -2.21. The van der Waals surface area contributed by atoms with Gasteiger partial charge >= 0.3 is 5.97 Å². The first-order chi connectivity index (χ1) is 12.5. The molecule has 0 saturated heterocycles. The number of ether oxygens (including phenoxy) is 2. The van der Waals surface area contributed by atoms with Gasteiger partial charge in [-0.25, -0.2) is 0 Å². The standard InChI is InChI=1S/C18H23N3O5/c1-4-5-21-11-14(9-19-21)18(24)20(12-17(22)23)10-13-6-15(25-2)8-16(7-13)26-3/h6-9,11H,4-5,10,12H2,1-3H3,(H,22,23). The lowest BCUT2D eigenvalue weighted by atomic mass is 10.1. The summed E-state index contributed by atoms with van der Waals surface area (Å²) in [4.78, 5) is 25.2. The molecule has 0 fully saturated rings. The average molecular weight is 361 g/mol. The predicted molar refractivity (Wildman–Crippen MR) is 94.4 cm³/mol. The molecule has 1 heterocycles. The molecule has 2 rings (SSSR count). The van der Waals surface area contributed by atoms with E-state index in [1.54, 1.807) is 29.1 Å². The molecule has 0 unspecified atom stereocenters. The molecule has 140 valence electrons. The molecule has 26 heavy (non-hydrogen) atoms. The molecule has 1 N–H and O–H groups in total. The molecule has 0 aliphatic heterocycles. The third-order valence-corrected chi connectivity index (χ3v) is 3.73. The zero-order chi connectivity index (χ0) is 19.1. The van der Waals surface area contributed by atoms with E-state index in [0.29, 0.717) is 29.2 Å². The van der Waals surface area contributed by atoms with Gasteiger partial charge in [-0.3, -0.25) is 14.3 Å². The van der Waals surface area contributed by atoms with Crippen LogP contribution in [0.1, 0.15) is 29.3 Å². The number of aliphatic carboxylic acids is 1. The van der Waals surface area contributed by atoms with Gasteiger partial charge in [-0.05, 0) is 24.1 Å². The van der Waals surface area contributed by atoms with Crippen LogP contribution in [0.25, 0.3) is 0 Å². The Kier molecular flexibility index (Phi) is 6.60. The second-order valence-corrected chi connectivity index (χ2v) is 5.77. The van der Waals surface area contributed by atoms with Gasteiger partial charge in [0.15, 0.2) is 0 Å². The van der Waals surface area contributed by atoms with Crippen LogP contribution in [-0.4, -0.2) is 52.4 Å². The normalized spacial score (nSPS) is 10.4. The number of benzene rings is 1. The van der Waals surface area contributed by atoms with Gasteiger partial charge in [-0.1, -0.05) is 6.92 Å². The Morgan fingerprint density at radius 1 is 1.19 bits per heavy atom. The topological polar surface area (TPSA) is 93.9 Å². The van der Waals surface area contributed by atoms with Crippen molar-refractivity contribution >= 4 is 11.9 Å². The number of aryl methyl sites for hydroxylation is 1. The maximum absolute atomic E-state index is 12.8. The van der Waals surface area contributed by atoms with Crippen molar-refractivity contribution in [3.63, 3.8) is 0 Å². The highest BCUT2D eigenvalue weighted by Gasteiger charge is 2.21. The summed E-state index contributed by atoms with van der Waals surface area (Å²) in [5, 5.41) is 13.3. The summed E-state index contributed by atoms with van der Waals surface area (Å²) in [7, 11) is 3.06. The SMILES string of the molecule is CCCn1cc(C(=O)N(CC(=O)O)Cc2cc(OC)cc(OC)c2)cn1. The summed E-state index contributed by atoms with van der Waals surface area (Å²) in [6.07, 6.45) is 3.98. The number of carbonyl (C=O) groups excluding carboxylic acids is 1. The van der Waals surface area contributed by atoms with Crippen LogP contribution in [0, 0.1) is 0 Å². The molecule has 0 bridgehead atoms. The van der Waals surface area contributed by atoms with Crippen molar-refractivity contribution < 1.29 is 24.2 Å². The Hall–Kier alpha value is -3.03. The van der Waals surface area contributed by atoms with Crippen LogP contribution in [0.15, 0.2) is 30.6 Å². The quantitative estimate of drug-likeness (QED) is 0.734. The van der Waals surface area contributed by atoms with Crippen LogP contribution in [0.4, 0.5) is 0 Å². The number of hydrogen-bond donors (Lipinski definition) is 1. The summed E-state index contributed by atoms with van der Waals surface area (Å²) < 4.78 is 12.1. The number of hydrogen-bond acceptors (Lipinski definition) is 5. The van der Waals surface area contributed by atoms with Crippen molar-refractivity contribution in [2.45, 2.75) is 26.4 Å². The van der Waals surface area contributed by atoms with E-state index in [1.165, 1.54) is 25.3 Å². The van der Waals surface area contributed by atoms with E-state index in [4.69, 9.17) is 9.47 Å². The van der Waals surface area contributed by atoms with E-state index in [2.05, 4.69) is 5.10 Å². The summed E-state index contributed by atoms with van der Waals surface area (Å²) >= 11 is 0. The zero-order valence-corrected chi connectivity index (χ0v) is 15.1. The minimum absolute atomic E-state index is 0.109. The average Bonchev–Trinajstić information content (AvgIpc) is 3.08. The van der Waals surface area contributed by atoms with Crippen LogP contribution in [0.5, 0.6) is 11.5 Å². The molecule has 8 nitrogen and oxygen atoms in total. The summed E-state index contributed by atoms with van der Waals surface area (Å²) in [6, 6.07) is 5.19. The van der Waals surface area contributed by atoms with Gasteiger partial charge in [0.2, 0.25) is 0 Å². The Labute approximate surface area is 151 Å². The fourth-order valence-corrected chi connectivity index (χ4v) is 2.55. The number of nitrogens with zero attached hydrogens (tertiary/aromatic N) is 3. The molecule has 0 saturated carbocycles. The van der Waals surface area contributed by atoms with Crippen LogP contribution in [-0.2, 0) is 17.9 Å². The molecule has 1 aromatic carbocycles. The highest BCUT2D eigenvalue weighted by molar-refractivity contribution is 5.95. The first-order valence-electron chi connectivity index (χ1n) is 8.22. The summed E-state index contributed by atoms with van der Waals surface area (Å²) in [5.74, 6) is -0.346. The minimum Gasteiger partial charge on any atom is -0.497 e. The first kappa shape index (κ1) is 19.3. The van der Waals surface area contributed by atoms with Crippen molar-refractivity contribution in [2.24, 2.45) is 0 Å². The van der Waals surface area contributed by atoms with Crippen molar-refractivity contribution in [3.05, 3.63) is 41.7 Å². The Morgan fingerprint density at radius 2 is 1.85 bits per heavy atom. The smallest absolute Gasteiger partial charge is 0.323 e. The first-order valence-corrected chi connectivity index (χ1v) is 8.22. The predicted octanol–water partition coefficient (Wildman–Crippen LogP) is 2.04. The number of amides is 1. The molecular weight excluding hydrogens is 338 g/mol. The maximum atomic E-state index is 12.8. The molecule has 0 radical (unpaired) electrons. The van der Waals surface area contributed by atoms with Gasteiger partial charge in [-0.15, -0.1) is 0 Å². The highest BCUT2D eigenvalue weighted by atomic mass is 16.5. The van der Waals surface area contributed by atoms with Crippen molar-refractivity contribution in [3.8, 4) is 11.5 Å². The van der Waals surface area contributed by atoms with Gasteiger partial charge in [0.1, 0.15) is 18.0 Å². The van der Waals surface area contributed by atoms with Crippen molar-refractivity contribution in [1.82, 2.24) is 14.7 Å². The zero-order valence-electron chi connectivity index (χ0n) is 15.1. The minimum atomic E-state index is -1.09. The summed E-state index contributed by atoms with van der Waals surface area (Å²) in [5.41, 5.74) is 1.06. The molecule has 0 atom stereocenters. The van der Waals surface area contributed by atoms with E-state index < -0.39 is 18.4 Å². The van der Waals surface area contributed by atoms with Crippen LogP contribution in [0.2, 0.25) is 0 Å². The lowest BCUT2D eigenvalue weighted by Crippen LogP contribution is -2.35. The molecule has 0 aliphatic carbocycles. The van der Waals surface area contributed by atoms with Gasteiger partial charge in [0.05, 0.1) is 26.0 Å². The maximum Gasteiger partial charge on any atom is 0.323 e. The Bertz CT molecular complexity index is 750. The van der Waals surface area contributed by atoms with Crippen LogP contribution in [0.3, 0.4) is 0 Å². The number of carboxylic acid groups (broad SMARTS) is 1. The largest absolute Gasteiger partial charge is 0.497 e. The highest BCUT2D eigenvalue weighted by Crippen LogP contribution is 2.24. The Morgan fingerprint density at radius 3 is 2.38 bits per heavy atom. The third-order valence-electron chi connectivity index (χ3n) is 3.73. The Balaban J connectivity index is 2.26. The molecule has 1 aromatic heterocycles. The van der Waals surface area contributed by atoms with E-state index in [0.717, 1.165) is 6.42 Å². The van der Waals surface area contributed by atoms with E-state index in [-0.39, 0.29) is 6.54 Å². The number of aromatic nitrogens is 2. The molecule has 1 amide bonds. The monoisotopic (exact) mass is 361 g/mol. The fraction of sp³-hybridized carbons (Fsp3) is 0.389. The van der Waals surface area contributed by atoms with Gasteiger partial charge < -0.3 is 19.5 Å². The van der Waals surface area contributed by atoms with Crippen LogP contribution >= 0.6 is 0 Å². The number of methoxy groups -OCH3 is 2. The molecule has 0 aliphatic rings. The van der Waals surface area contributed by atoms with E-state index in [1.807, 2.05) is 6.92 Å². The number of carboxylic acids is 1. The van der Waals surface area contributed by atoms with Crippen molar-refractivity contribution in [2.75, 3.05) is 20.8 Å². The fourth-order valence-electron chi connectivity index (χ4n) is 2.55. The van der Waals surface area contributed by atoms with Crippen LogP contribution < -0.4 is 9.47 Å². The van der Waals surface area contributed by atoms with E-state index in [9.17, 15) is 14.7 Å². The number of rotatable bonds is 9. The molecule has 0 spiro atoms. The molecule has 2 aromatic rings.